The van der Waals surface area contributed by atoms with Crippen molar-refractivity contribution in [2.24, 2.45) is 0 Å². The van der Waals surface area contributed by atoms with Crippen molar-refractivity contribution in [3.63, 3.8) is 0 Å². The molecule has 7 heteroatoms. The van der Waals surface area contributed by atoms with Gasteiger partial charge in [0.2, 0.25) is 0 Å². The number of nitrogens with zero attached hydrogens (tertiary/aromatic N) is 2. The quantitative estimate of drug-likeness (QED) is 0.873. The molecule has 1 aromatic carbocycles. The van der Waals surface area contributed by atoms with Crippen LogP contribution in [0.1, 0.15) is 36.0 Å². The average Bonchev–Trinajstić information content (AvgIpc) is 2.53. The van der Waals surface area contributed by atoms with E-state index in [-0.39, 0.29) is 12.1 Å². The molecule has 24 heavy (non-hydrogen) atoms. The van der Waals surface area contributed by atoms with Crippen LogP contribution in [0.15, 0.2) is 16.9 Å². The zero-order valence-corrected chi connectivity index (χ0v) is 13.3. The fourth-order valence-electron chi connectivity index (χ4n) is 2.98. The summed E-state index contributed by atoms with van der Waals surface area (Å²) in [5.74, 6) is -3.18. The summed E-state index contributed by atoms with van der Waals surface area (Å²) in [6.45, 7) is 3.23. The van der Waals surface area contributed by atoms with E-state index < -0.39 is 17.5 Å². The van der Waals surface area contributed by atoms with Crippen LogP contribution in [0.4, 0.5) is 13.2 Å². The van der Waals surface area contributed by atoms with Crippen LogP contribution in [0, 0.1) is 17.5 Å². The summed E-state index contributed by atoms with van der Waals surface area (Å²) >= 11 is 0. The second-order valence-electron chi connectivity index (χ2n) is 6.02. The number of benzene rings is 1. The van der Waals surface area contributed by atoms with Gasteiger partial charge in [-0.2, -0.15) is 0 Å². The Labute approximate surface area is 137 Å². The molecule has 0 amide bonds. The number of hydrogen-bond acceptors (Lipinski definition) is 3. The molecule has 1 aliphatic heterocycles. The lowest BCUT2D eigenvalue weighted by Gasteiger charge is -2.27. The first-order chi connectivity index (χ1) is 11.5. The molecule has 128 valence electrons. The first-order valence-corrected chi connectivity index (χ1v) is 7.94. The Morgan fingerprint density at radius 1 is 1.25 bits per heavy atom. The third kappa shape index (κ3) is 3.36. The Morgan fingerprint density at radius 3 is 2.62 bits per heavy atom. The number of aromatic nitrogens is 2. The standard InChI is InChI=1S/C17H18F3N3O/c1-2-3-15-21-14-4-5-23(9-11(14)17(24)22-15)8-10-6-12(18)16(20)13(19)7-10/h6-7H,2-5,8-9H2,1H3,(H,21,22,24). The van der Waals surface area contributed by atoms with Crippen molar-refractivity contribution in [1.29, 1.82) is 0 Å². The number of halogens is 3. The summed E-state index contributed by atoms with van der Waals surface area (Å²) in [6.07, 6.45) is 2.22. The summed E-state index contributed by atoms with van der Waals surface area (Å²) in [6, 6.07) is 1.97. The molecule has 0 radical (unpaired) electrons. The van der Waals surface area contributed by atoms with Crippen molar-refractivity contribution < 1.29 is 13.2 Å². The van der Waals surface area contributed by atoms with E-state index >= 15 is 0 Å². The largest absolute Gasteiger partial charge is 0.310 e. The molecular weight excluding hydrogens is 319 g/mol. The Morgan fingerprint density at radius 2 is 1.96 bits per heavy atom. The molecule has 4 nitrogen and oxygen atoms in total. The predicted octanol–water partition coefficient (Wildman–Crippen LogP) is 2.70. The summed E-state index contributed by atoms with van der Waals surface area (Å²) in [5, 5.41) is 0. The van der Waals surface area contributed by atoms with Crippen molar-refractivity contribution in [3.8, 4) is 0 Å². The number of hydrogen-bond donors (Lipinski definition) is 1. The highest BCUT2D eigenvalue weighted by Crippen LogP contribution is 2.19. The van der Waals surface area contributed by atoms with E-state index in [1.54, 1.807) is 0 Å². The lowest BCUT2D eigenvalue weighted by molar-refractivity contribution is 0.240. The molecular formula is C17H18F3N3O. The number of aryl methyl sites for hydroxylation is 1. The van der Waals surface area contributed by atoms with Crippen LogP contribution in [0.3, 0.4) is 0 Å². The molecule has 0 bridgehead atoms. The smallest absolute Gasteiger partial charge is 0.255 e. The third-order valence-corrected chi connectivity index (χ3v) is 4.13. The van der Waals surface area contributed by atoms with E-state index in [1.165, 1.54) is 0 Å². The maximum absolute atomic E-state index is 13.3. The zero-order valence-electron chi connectivity index (χ0n) is 13.3. The van der Waals surface area contributed by atoms with Crippen LogP contribution in [-0.4, -0.2) is 21.4 Å². The molecule has 0 fully saturated rings. The Bertz CT molecular complexity index is 796. The van der Waals surface area contributed by atoms with E-state index in [0.29, 0.717) is 36.5 Å². The van der Waals surface area contributed by atoms with Crippen LogP contribution >= 0.6 is 0 Å². The maximum Gasteiger partial charge on any atom is 0.255 e. The van der Waals surface area contributed by atoms with Gasteiger partial charge in [-0.25, -0.2) is 18.2 Å². The lowest BCUT2D eigenvalue weighted by atomic mass is 10.1. The van der Waals surface area contributed by atoms with Crippen molar-refractivity contribution in [2.75, 3.05) is 6.54 Å². The molecule has 0 unspecified atom stereocenters. The fourth-order valence-corrected chi connectivity index (χ4v) is 2.98. The topological polar surface area (TPSA) is 49.0 Å². The summed E-state index contributed by atoms with van der Waals surface area (Å²) < 4.78 is 39.7. The number of nitrogens with one attached hydrogen (secondary N) is 1. The first kappa shape index (κ1) is 16.7. The van der Waals surface area contributed by atoms with Gasteiger partial charge in [-0.3, -0.25) is 9.69 Å². The van der Waals surface area contributed by atoms with Gasteiger partial charge in [0, 0.05) is 32.5 Å². The summed E-state index contributed by atoms with van der Waals surface area (Å²) in [5.41, 5.74) is 1.55. The summed E-state index contributed by atoms with van der Waals surface area (Å²) in [7, 11) is 0. The molecule has 0 aliphatic carbocycles. The molecule has 2 aromatic rings. The minimum Gasteiger partial charge on any atom is -0.310 e. The van der Waals surface area contributed by atoms with Gasteiger partial charge < -0.3 is 4.98 Å². The number of fused-ring (bicyclic) bond motifs is 1. The molecule has 1 aliphatic rings. The third-order valence-electron chi connectivity index (χ3n) is 4.13. The van der Waals surface area contributed by atoms with Gasteiger partial charge in [0.05, 0.1) is 11.3 Å². The van der Waals surface area contributed by atoms with Crippen molar-refractivity contribution in [1.82, 2.24) is 14.9 Å². The molecule has 3 rings (SSSR count). The van der Waals surface area contributed by atoms with Crippen LogP contribution in [-0.2, 0) is 25.9 Å². The van der Waals surface area contributed by atoms with E-state index in [2.05, 4.69) is 9.97 Å². The van der Waals surface area contributed by atoms with E-state index in [0.717, 1.165) is 30.7 Å². The normalized spacial score (nSPS) is 14.7. The van der Waals surface area contributed by atoms with Crippen molar-refractivity contribution >= 4 is 0 Å². The van der Waals surface area contributed by atoms with Gasteiger partial charge in [-0.1, -0.05) is 6.92 Å². The maximum atomic E-state index is 13.3. The molecule has 1 aromatic heterocycles. The minimum absolute atomic E-state index is 0.162. The molecule has 0 atom stereocenters. The Hall–Kier alpha value is -2.15. The predicted molar refractivity (Wildman–Crippen MR) is 83.0 cm³/mol. The molecule has 0 saturated heterocycles. The highest BCUT2D eigenvalue weighted by atomic mass is 19.2. The number of H-pyrrole nitrogens is 1. The molecule has 0 saturated carbocycles. The Balaban J connectivity index is 1.79. The first-order valence-electron chi connectivity index (χ1n) is 7.94. The van der Waals surface area contributed by atoms with Gasteiger partial charge in [-0.15, -0.1) is 0 Å². The molecule has 2 heterocycles. The second-order valence-corrected chi connectivity index (χ2v) is 6.02. The van der Waals surface area contributed by atoms with Crippen LogP contribution in [0.25, 0.3) is 0 Å². The van der Waals surface area contributed by atoms with Gasteiger partial charge in [-0.05, 0) is 24.1 Å². The van der Waals surface area contributed by atoms with E-state index in [4.69, 9.17) is 0 Å². The molecule has 0 spiro atoms. The molecule has 1 N–H and O–H groups in total. The van der Waals surface area contributed by atoms with E-state index in [9.17, 15) is 18.0 Å². The highest BCUT2D eigenvalue weighted by Gasteiger charge is 2.22. The SMILES string of the molecule is CCCc1nc2c(c(=O)[nH]1)CN(Cc1cc(F)c(F)c(F)c1)CC2. The number of aromatic amines is 1. The van der Waals surface area contributed by atoms with Gasteiger partial charge in [0.1, 0.15) is 5.82 Å². The van der Waals surface area contributed by atoms with Gasteiger partial charge in [0.25, 0.3) is 5.56 Å². The van der Waals surface area contributed by atoms with Gasteiger partial charge in [0.15, 0.2) is 17.5 Å². The lowest BCUT2D eigenvalue weighted by Crippen LogP contribution is -2.35. The monoisotopic (exact) mass is 337 g/mol. The van der Waals surface area contributed by atoms with Crippen molar-refractivity contribution in [3.05, 3.63) is 62.6 Å². The highest BCUT2D eigenvalue weighted by molar-refractivity contribution is 5.23. The van der Waals surface area contributed by atoms with Crippen LogP contribution in [0.2, 0.25) is 0 Å². The van der Waals surface area contributed by atoms with Crippen LogP contribution < -0.4 is 5.56 Å². The summed E-state index contributed by atoms with van der Waals surface area (Å²) in [4.78, 5) is 21.4. The average molecular weight is 337 g/mol. The van der Waals surface area contributed by atoms with Crippen LogP contribution in [0.5, 0.6) is 0 Å². The van der Waals surface area contributed by atoms with Crippen molar-refractivity contribution in [2.45, 2.75) is 39.3 Å². The number of rotatable bonds is 4. The second kappa shape index (κ2) is 6.76. The minimum atomic E-state index is -1.47. The fraction of sp³-hybridized carbons (Fsp3) is 0.412. The zero-order chi connectivity index (χ0) is 17.3. The Kier molecular flexibility index (Phi) is 4.71. The van der Waals surface area contributed by atoms with Gasteiger partial charge >= 0.3 is 0 Å². The van der Waals surface area contributed by atoms with E-state index in [1.807, 2.05) is 11.8 Å².